The fraction of sp³-hybridized carbons (Fsp3) is 0.611. The Morgan fingerprint density at radius 3 is 2.48 bits per heavy atom. The molecule has 1 heterocycles. The third-order valence-electron chi connectivity index (χ3n) is 4.19. The summed E-state index contributed by atoms with van der Waals surface area (Å²) in [5.74, 6) is 0.501. The molecule has 0 atom stereocenters. The van der Waals surface area contributed by atoms with Crippen molar-refractivity contribution in [3.63, 3.8) is 0 Å². The van der Waals surface area contributed by atoms with Crippen molar-refractivity contribution in [2.24, 2.45) is 0 Å². The predicted octanol–water partition coefficient (Wildman–Crippen LogP) is 1.72. The van der Waals surface area contributed by atoms with Gasteiger partial charge in [0.2, 0.25) is 10.0 Å². The van der Waals surface area contributed by atoms with Crippen LogP contribution < -0.4 is 19.7 Å². The van der Waals surface area contributed by atoms with Crippen LogP contribution in [0.2, 0.25) is 0 Å². The van der Waals surface area contributed by atoms with Crippen molar-refractivity contribution in [3.8, 4) is 5.75 Å². The van der Waals surface area contributed by atoms with Gasteiger partial charge in [-0.15, -0.1) is 0 Å². The first-order valence-corrected chi connectivity index (χ1v) is 10.7. The zero-order chi connectivity index (χ0) is 19.9. The Bertz CT molecular complexity index is 700. The van der Waals surface area contributed by atoms with E-state index in [0.717, 1.165) is 12.8 Å². The van der Waals surface area contributed by atoms with Gasteiger partial charge in [-0.25, -0.2) is 13.2 Å². The second kappa shape index (κ2) is 9.80. The van der Waals surface area contributed by atoms with Gasteiger partial charge in [-0.3, -0.25) is 4.31 Å². The van der Waals surface area contributed by atoms with E-state index in [2.05, 4.69) is 10.6 Å². The molecule has 1 aromatic carbocycles. The summed E-state index contributed by atoms with van der Waals surface area (Å²) in [7, 11) is -2.05. The third kappa shape index (κ3) is 6.91. The van der Waals surface area contributed by atoms with Gasteiger partial charge in [0.1, 0.15) is 5.75 Å². The van der Waals surface area contributed by atoms with E-state index in [0.29, 0.717) is 24.7 Å². The number of nitrogens with zero attached hydrogens (tertiary/aromatic N) is 1. The number of urea groups is 1. The Balaban J connectivity index is 1.81. The molecule has 9 heteroatoms. The monoisotopic (exact) mass is 399 g/mol. The van der Waals surface area contributed by atoms with E-state index in [4.69, 9.17) is 9.47 Å². The summed E-state index contributed by atoms with van der Waals surface area (Å²) in [5, 5.41) is 5.44. The standard InChI is InChI=1S/C18H29N3O5S/c1-14(2)26-17-6-4-16(5-7-17)21(3)27(23,24)13-10-19-18(22)20-15-8-11-25-12-9-15/h4-7,14-15H,8-13H2,1-3H3,(H2,19,20,22). The van der Waals surface area contributed by atoms with Crippen molar-refractivity contribution >= 4 is 21.7 Å². The maximum atomic E-state index is 12.5. The molecule has 0 aliphatic carbocycles. The number of carbonyl (C=O) groups is 1. The highest BCUT2D eigenvalue weighted by Crippen LogP contribution is 2.21. The summed E-state index contributed by atoms with van der Waals surface area (Å²) < 4.78 is 37.0. The average molecular weight is 400 g/mol. The Labute approximate surface area is 161 Å². The molecular formula is C18H29N3O5S. The average Bonchev–Trinajstić information content (AvgIpc) is 2.62. The van der Waals surface area contributed by atoms with Gasteiger partial charge in [-0.05, 0) is 51.0 Å². The second-order valence-corrected chi connectivity index (χ2v) is 8.85. The van der Waals surface area contributed by atoms with Crippen molar-refractivity contribution in [1.29, 1.82) is 0 Å². The van der Waals surface area contributed by atoms with Crippen LogP contribution in [0, 0.1) is 0 Å². The number of sulfonamides is 1. The number of ether oxygens (including phenoxy) is 2. The van der Waals surface area contributed by atoms with E-state index in [1.807, 2.05) is 13.8 Å². The van der Waals surface area contributed by atoms with Gasteiger partial charge < -0.3 is 20.1 Å². The number of benzene rings is 1. The molecule has 8 nitrogen and oxygen atoms in total. The van der Waals surface area contributed by atoms with Crippen LogP contribution in [-0.2, 0) is 14.8 Å². The number of rotatable bonds is 8. The molecule has 0 radical (unpaired) electrons. The lowest BCUT2D eigenvalue weighted by Gasteiger charge is -2.23. The summed E-state index contributed by atoms with van der Waals surface area (Å²) in [4.78, 5) is 11.9. The first-order chi connectivity index (χ1) is 12.8. The minimum Gasteiger partial charge on any atom is -0.491 e. The maximum absolute atomic E-state index is 12.5. The summed E-state index contributed by atoms with van der Waals surface area (Å²) >= 11 is 0. The molecule has 0 saturated carbocycles. The van der Waals surface area contributed by atoms with Crippen LogP contribution in [-0.4, -0.2) is 59.2 Å². The van der Waals surface area contributed by atoms with Crippen molar-refractivity contribution < 1.29 is 22.7 Å². The molecular weight excluding hydrogens is 370 g/mol. The third-order valence-corrected chi connectivity index (χ3v) is 5.96. The number of anilines is 1. The van der Waals surface area contributed by atoms with E-state index in [1.165, 1.54) is 11.4 Å². The van der Waals surface area contributed by atoms with Gasteiger partial charge in [0, 0.05) is 32.8 Å². The molecule has 1 aliphatic heterocycles. The van der Waals surface area contributed by atoms with E-state index in [1.54, 1.807) is 24.3 Å². The van der Waals surface area contributed by atoms with Gasteiger partial charge in [0.25, 0.3) is 0 Å². The Kier molecular flexibility index (Phi) is 7.73. The normalized spacial score (nSPS) is 15.4. The molecule has 1 saturated heterocycles. The molecule has 0 unspecified atom stereocenters. The summed E-state index contributed by atoms with van der Waals surface area (Å²) in [6.07, 6.45) is 1.59. The molecule has 0 aromatic heterocycles. The highest BCUT2D eigenvalue weighted by Gasteiger charge is 2.20. The zero-order valence-corrected chi connectivity index (χ0v) is 16.9. The highest BCUT2D eigenvalue weighted by atomic mass is 32.2. The van der Waals surface area contributed by atoms with Gasteiger partial charge >= 0.3 is 6.03 Å². The topological polar surface area (TPSA) is 97.0 Å². The minimum absolute atomic E-state index is 0.0380. The zero-order valence-electron chi connectivity index (χ0n) is 16.1. The molecule has 0 spiro atoms. The first kappa shape index (κ1) is 21.3. The number of hydrogen-bond donors (Lipinski definition) is 2. The SMILES string of the molecule is CC(C)Oc1ccc(N(C)S(=O)(=O)CCNC(=O)NC2CCOCC2)cc1. The van der Waals surface area contributed by atoms with Crippen LogP contribution >= 0.6 is 0 Å². The lowest BCUT2D eigenvalue weighted by atomic mass is 10.1. The molecule has 1 aromatic rings. The van der Waals surface area contributed by atoms with Crippen LogP contribution in [0.4, 0.5) is 10.5 Å². The number of nitrogens with one attached hydrogen (secondary N) is 2. The van der Waals surface area contributed by atoms with E-state index >= 15 is 0 Å². The largest absolute Gasteiger partial charge is 0.491 e. The number of amides is 2. The fourth-order valence-electron chi connectivity index (χ4n) is 2.68. The molecule has 2 amide bonds. The van der Waals surface area contributed by atoms with Gasteiger partial charge in [-0.1, -0.05) is 0 Å². The van der Waals surface area contributed by atoms with E-state index < -0.39 is 10.0 Å². The van der Waals surface area contributed by atoms with Crippen molar-refractivity contribution in [2.75, 3.05) is 36.9 Å². The van der Waals surface area contributed by atoms with Crippen molar-refractivity contribution in [2.45, 2.75) is 38.8 Å². The summed E-state index contributed by atoms with van der Waals surface area (Å²) in [6, 6.07) is 6.59. The smallest absolute Gasteiger partial charge is 0.315 e. The molecule has 2 rings (SSSR count). The van der Waals surface area contributed by atoms with Crippen LogP contribution in [0.15, 0.2) is 24.3 Å². The van der Waals surface area contributed by atoms with Crippen molar-refractivity contribution in [3.05, 3.63) is 24.3 Å². The van der Waals surface area contributed by atoms with Gasteiger partial charge in [-0.2, -0.15) is 0 Å². The number of carbonyl (C=O) groups excluding carboxylic acids is 1. The molecule has 0 bridgehead atoms. The van der Waals surface area contributed by atoms with E-state index in [-0.39, 0.29) is 30.5 Å². The Hall–Kier alpha value is -2.00. The Morgan fingerprint density at radius 2 is 1.89 bits per heavy atom. The highest BCUT2D eigenvalue weighted by molar-refractivity contribution is 7.92. The first-order valence-electron chi connectivity index (χ1n) is 9.13. The molecule has 2 N–H and O–H groups in total. The predicted molar refractivity (Wildman–Crippen MR) is 105 cm³/mol. The van der Waals surface area contributed by atoms with Crippen LogP contribution in [0.1, 0.15) is 26.7 Å². The summed E-state index contributed by atoms with van der Waals surface area (Å²) in [5.41, 5.74) is 0.540. The molecule has 152 valence electrons. The van der Waals surface area contributed by atoms with Crippen LogP contribution in [0.5, 0.6) is 5.75 Å². The molecule has 1 fully saturated rings. The molecule has 27 heavy (non-hydrogen) atoms. The van der Waals surface area contributed by atoms with Crippen LogP contribution in [0.25, 0.3) is 0 Å². The van der Waals surface area contributed by atoms with Crippen molar-refractivity contribution in [1.82, 2.24) is 10.6 Å². The van der Waals surface area contributed by atoms with Gasteiger partial charge in [0.15, 0.2) is 0 Å². The number of hydrogen-bond acceptors (Lipinski definition) is 5. The quantitative estimate of drug-likeness (QED) is 0.694. The molecule has 1 aliphatic rings. The van der Waals surface area contributed by atoms with Crippen LogP contribution in [0.3, 0.4) is 0 Å². The Morgan fingerprint density at radius 1 is 1.26 bits per heavy atom. The fourth-order valence-corrected chi connectivity index (χ4v) is 3.75. The van der Waals surface area contributed by atoms with Gasteiger partial charge in [0.05, 0.1) is 17.5 Å². The second-order valence-electron chi connectivity index (χ2n) is 6.73. The maximum Gasteiger partial charge on any atom is 0.315 e. The lowest BCUT2D eigenvalue weighted by Crippen LogP contribution is -2.46. The minimum atomic E-state index is -3.55. The summed E-state index contributed by atoms with van der Waals surface area (Å²) in [6.45, 7) is 5.15. The lowest BCUT2D eigenvalue weighted by molar-refractivity contribution is 0.0801. The van der Waals surface area contributed by atoms with E-state index in [9.17, 15) is 13.2 Å².